The van der Waals surface area contributed by atoms with E-state index in [1.54, 1.807) is 0 Å². The minimum Gasteiger partial charge on any atom is -0.458 e. The van der Waals surface area contributed by atoms with Crippen LogP contribution in [-0.4, -0.2) is 6.71 Å². The molecule has 0 amide bonds. The molecular formula is C50H62BNOS. The third-order valence-electron chi connectivity index (χ3n) is 13.0. The van der Waals surface area contributed by atoms with Gasteiger partial charge in [-0.25, -0.2) is 0 Å². The Kier molecular flexibility index (Phi) is 7.99. The largest absolute Gasteiger partial charge is 0.458 e. The Labute approximate surface area is 330 Å². The first kappa shape index (κ1) is 37.4. The van der Waals surface area contributed by atoms with Gasteiger partial charge in [-0.2, -0.15) is 0 Å². The molecule has 0 N–H and O–H groups in total. The number of ether oxygens (including phenoxy) is 1. The zero-order chi connectivity index (χ0) is 39.3. The van der Waals surface area contributed by atoms with Crippen LogP contribution in [0.4, 0.5) is 17.1 Å². The van der Waals surface area contributed by atoms with Crippen LogP contribution in [0.2, 0.25) is 0 Å². The van der Waals surface area contributed by atoms with Crippen LogP contribution in [0.3, 0.4) is 0 Å². The zero-order valence-electron chi connectivity index (χ0n) is 36.0. The van der Waals surface area contributed by atoms with Gasteiger partial charge in [0.25, 0.3) is 6.71 Å². The van der Waals surface area contributed by atoms with Crippen molar-refractivity contribution in [3.8, 4) is 11.5 Å². The maximum atomic E-state index is 7.26. The van der Waals surface area contributed by atoms with Gasteiger partial charge in [0, 0.05) is 26.2 Å². The Hall–Kier alpha value is -3.50. The first-order chi connectivity index (χ1) is 24.8. The Balaban J connectivity index is 1.53. The van der Waals surface area contributed by atoms with Gasteiger partial charge in [0.05, 0.1) is 5.69 Å². The normalized spacial score (nSPS) is 17.5. The highest BCUT2D eigenvalue weighted by molar-refractivity contribution is 7.33. The molecule has 1 aromatic heterocycles. The monoisotopic (exact) mass is 735 g/mol. The lowest BCUT2D eigenvalue weighted by Gasteiger charge is -2.44. The van der Waals surface area contributed by atoms with Crippen molar-refractivity contribution in [2.45, 2.75) is 156 Å². The van der Waals surface area contributed by atoms with E-state index in [1.807, 2.05) is 11.3 Å². The van der Waals surface area contributed by atoms with Gasteiger partial charge >= 0.3 is 0 Å². The molecule has 0 atom stereocenters. The molecule has 4 aromatic carbocycles. The lowest BCUT2D eigenvalue weighted by molar-refractivity contribution is 0.330. The third kappa shape index (κ3) is 5.87. The maximum absolute atomic E-state index is 7.26. The Morgan fingerprint density at radius 3 is 1.69 bits per heavy atom. The summed E-state index contributed by atoms with van der Waals surface area (Å²) in [7, 11) is 0. The quantitative estimate of drug-likeness (QED) is 0.156. The molecule has 54 heavy (non-hydrogen) atoms. The second-order valence-electron chi connectivity index (χ2n) is 22.3. The first-order valence-electron chi connectivity index (χ1n) is 20.3. The molecule has 3 heterocycles. The Bertz CT molecular complexity index is 2330. The van der Waals surface area contributed by atoms with E-state index in [0.29, 0.717) is 0 Å². The van der Waals surface area contributed by atoms with E-state index >= 15 is 0 Å². The predicted molar refractivity (Wildman–Crippen MR) is 238 cm³/mol. The second-order valence-corrected chi connectivity index (χ2v) is 23.4. The van der Waals surface area contributed by atoms with E-state index in [9.17, 15) is 0 Å². The SMILES string of the molecule is CC(C)(C)c1cc(N2c3cc(C(C)(C)C)cc4c3B(c3cc5c(cc3O4)C(C)(C)CCC5(C)C)c3sc4ccc(C(C)(C)C)cc4c32)cc(C(C)(C)C)c1. The maximum Gasteiger partial charge on any atom is 0.268 e. The van der Waals surface area contributed by atoms with Crippen molar-refractivity contribution in [2.75, 3.05) is 4.90 Å². The molecule has 0 bridgehead atoms. The highest BCUT2D eigenvalue weighted by Crippen LogP contribution is 2.51. The van der Waals surface area contributed by atoms with Crippen LogP contribution in [0.25, 0.3) is 10.1 Å². The van der Waals surface area contributed by atoms with Crippen molar-refractivity contribution < 1.29 is 4.74 Å². The molecule has 1 aliphatic carbocycles. The molecule has 0 radical (unpaired) electrons. The summed E-state index contributed by atoms with van der Waals surface area (Å²) in [6, 6.07) is 24.6. The van der Waals surface area contributed by atoms with Gasteiger partial charge in [0.15, 0.2) is 0 Å². The van der Waals surface area contributed by atoms with Crippen LogP contribution in [0, 0.1) is 0 Å². The highest BCUT2D eigenvalue weighted by Gasteiger charge is 2.47. The first-order valence-corrected chi connectivity index (χ1v) is 21.2. The minimum absolute atomic E-state index is 0.0122. The van der Waals surface area contributed by atoms with Crippen molar-refractivity contribution in [3.63, 3.8) is 0 Å². The number of rotatable bonds is 1. The van der Waals surface area contributed by atoms with E-state index in [2.05, 4.69) is 176 Å². The summed E-state index contributed by atoms with van der Waals surface area (Å²) >= 11 is 1.99. The summed E-state index contributed by atoms with van der Waals surface area (Å²) in [4.78, 5) is 2.65. The summed E-state index contributed by atoms with van der Waals surface area (Å²) < 4.78 is 10.0. The van der Waals surface area contributed by atoms with E-state index in [4.69, 9.17) is 4.74 Å². The number of thiophene rings is 1. The Morgan fingerprint density at radius 2 is 1.13 bits per heavy atom. The summed E-state index contributed by atoms with van der Waals surface area (Å²) in [5.41, 5.74) is 14.9. The minimum atomic E-state index is -0.0710. The van der Waals surface area contributed by atoms with Crippen LogP contribution in [0.1, 0.15) is 157 Å². The molecule has 8 rings (SSSR count). The van der Waals surface area contributed by atoms with Gasteiger partial charge in [-0.15, -0.1) is 11.3 Å². The van der Waals surface area contributed by atoms with Gasteiger partial charge in [0.2, 0.25) is 0 Å². The van der Waals surface area contributed by atoms with E-state index in [1.165, 1.54) is 89.1 Å². The van der Waals surface area contributed by atoms with Crippen molar-refractivity contribution in [1.82, 2.24) is 0 Å². The van der Waals surface area contributed by atoms with Crippen LogP contribution in [0.5, 0.6) is 11.5 Å². The molecule has 0 unspecified atom stereocenters. The second kappa shape index (κ2) is 11.5. The van der Waals surface area contributed by atoms with E-state index in [-0.39, 0.29) is 39.2 Å². The molecule has 5 aromatic rings. The van der Waals surface area contributed by atoms with Crippen molar-refractivity contribution >= 4 is 60.9 Å². The predicted octanol–water partition coefficient (Wildman–Crippen LogP) is 12.8. The Morgan fingerprint density at radius 1 is 0.593 bits per heavy atom. The van der Waals surface area contributed by atoms with Crippen molar-refractivity contribution in [2.24, 2.45) is 0 Å². The summed E-state index contributed by atoms with van der Waals surface area (Å²) in [5.74, 6) is 2.04. The van der Waals surface area contributed by atoms with Crippen LogP contribution in [0.15, 0.2) is 60.7 Å². The summed E-state index contributed by atoms with van der Waals surface area (Å²) in [5, 5.41) is 1.35. The summed E-state index contributed by atoms with van der Waals surface area (Å²) in [6.07, 6.45) is 2.37. The van der Waals surface area contributed by atoms with Crippen LogP contribution in [-0.2, 0) is 32.5 Å². The topological polar surface area (TPSA) is 12.5 Å². The average Bonchev–Trinajstić information content (AvgIpc) is 3.43. The standard InChI is InChI=1S/C50H62BNOS/c1-45(2,3)29-17-18-41-34(24-29)43-44(54-41)51-37-27-35-36(50(15,16)20-19-49(35,13)14)28-39(37)53-40-26-32(48(10,11)12)25-38(42(40)51)52(43)33-22-30(46(4,5)6)21-31(23-33)47(7,8)9/h17-18,21-28H,19-20H2,1-16H3. The van der Waals surface area contributed by atoms with E-state index < -0.39 is 0 Å². The number of hydrogen-bond acceptors (Lipinski definition) is 3. The molecule has 4 heteroatoms. The number of nitrogens with zero attached hydrogens (tertiary/aromatic N) is 1. The average molecular weight is 736 g/mol. The molecule has 3 aliphatic rings. The zero-order valence-corrected chi connectivity index (χ0v) is 36.8. The lowest BCUT2D eigenvalue weighted by Crippen LogP contribution is -2.59. The van der Waals surface area contributed by atoms with Crippen molar-refractivity contribution in [1.29, 1.82) is 0 Å². The number of benzene rings is 4. The van der Waals surface area contributed by atoms with Crippen LogP contribution >= 0.6 is 11.3 Å². The van der Waals surface area contributed by atoms with Gasteiger partial charge in [-0.1, -0.05) is 129 Å². The lowest BCUT2D eigenvalue weighted by atomic mass is 9.36. The van der Waals surface area contributed by atoms with Gasteiger partial charge in [-0.05, 0) is 132 Å². The fourth-order valence-electron chi connectivity index (χ4n) is 9.07. The molecular weight excluding hydrogens is 673 g/mol. The number of hydrogen-bond donors (Lipinski definition) is 0. The smallest absolute Gasteiger partial charge is 0.268 e. The molecule has 2 aliphatic heterocycles. The van der Waals surface area contributed by atoms with Gasteiger partial charge in [0.1, 0.15) is 11.5 Å². The highest BCUT2D eigenvalue weighted by atomic mass is 32.1. The number of anilines is 3. The third-order valence-corrected chi connectivity index (χ3v) is 14.2. The van der Waals surface area contributed by atoms with E-state index in [0.717, 1.165) is 11.5 Å². The fraction of sp³-hybridized carbons (Fsp3) is 0.480. The molecule has 2 nitrogen and oxygen atoms in total. The van der Waals surface area contributed by atoms with Crippen molar-refractivity contribution in [3.05, 3.63) is 94.0 Å². The van der Waals surface area contributed by atoms with Gasteiger partial charge in [-0.3, -0.25) is 0 Å². The molecule has 0 fully saturated rings. The molecule has 0 saturated heterocycles. The summed E-state index contributed by atoms with van der Waals surface area (Å²) in [6.45, 7) is 37.9. The fourth-order valence-corrected chi connectivity index (χ4v) is 10.4. The molecule has 282 valence electrons. The molecule has 0 saturated carbocycles. The molecule has 0 spiro atoms. The number of fused-ring (bicyclic) bond motifs is 7. The van der Waals surface area contributed by atoms with Crippen LogP contribution < -0.4 is 25.3 Å². The van der Waals surface area contributed by atoms with Gasteiger partial charge < -0.3 is 9.64 Å².